The van der Waals surface area contributed by atoms with Crippen LogP contribution in [0, 0.1) is 0 Å². The molecule has 0 saturated carbocycles. The smallest absolute Gasteiger partial charge is 0.259 e. The van der Waals surface area contributed by atoms with E-state index in [0.717, 1.165) is 47.5 Å². The molecule has 2 heterocycles. The molecule has 1 aromatic heterocycles. The quantitative estimate of drug-likeness (QED) is 0.654. The first-order valence-electron chi connectivity index (χ1n) is 9.14. The third-order valence-electron chi connectivity index (χ3n) is 4.90. The van der Waals surface area contributed by atoms with E-state index in [1.807, 2.05) is 59.3 Å². The number of aromatic nitrogens is 2. The summed E-state index contributed by atoms with van der Waals surface area (Å²) in [5.41, 5.74) is 3.37. The largest absolute Gasteiger partial charge is 0.321 e. The maximum atomic E-state index is 13.1. The van der Waals surface area contributed by atoms with E-state index in [2.05, 4.69) is 31.7 Å². The minimum absolute atomic E-state index is 0.127. The van der Waals surface area contributed by atoms with Crippen LogP contribution in [0.3, 0.4) is 0 Å². The van der Waals surface area contributed by atoms with E-state index in [-0.39, 0.29) is 5.91 Å². The van der Waals surface area contributed by atoms with Gasteiger partial charge in [-0.1, -0.05) is 30.3 Å². The molecule has 1 amide bonds. The number of benzene rings is 2. The van der Waals surface area contributed by atoms with Crippen LogP contribution in [0.25, 0.3) is 5.69 Å². The zero-order valence-electron chi connectivity index (χ0n) is 14.9. The van der Waals surface area contributed by atoms with E-state index in [1.165, 1.54) is 0 Å². The number of para-hydroxylation sites is 2. The van der Waals surface area contributed by atoms with Crippen molar-refractivity contribution in [3.05, 3.63) is 76.5 Å². The van der Waals surface area contributed by atoms with Gasteiger partial charge in [0.05, 0.1) is 28.8 Å². The standard InChI is InChI=1S/C21H21BrN4O/c22-18-8-4-5-9-19(18)25-21(27)17-14-24-26(16-6-2-1-3-7-16)20(17)15-10-12-23-13-11-15/h1-9,14-15,23H,10-13H2,(H,25,27). The van der Waals surface area contributed by atoms with Gasteiger partial charge in [0, 0.05) is 10.4 Å². The highest BCUT2D eigenvalue weighted by Crippen LogP contribution is 2.31. The van der Waals surface area contributed by atoms with Gasteiger partial charge in [-0.25, -0.2) is 4.68 Å². The minimum Gasteiger partial charge on any atom is -0.321 e. The summed E-state index contributed by atoms with van der Waals surface area (Å²) in [7, 11) is 0. The Balaban J connectivity index is 1.72. The van der Waals surface area contributed by atoms with Crippen molar-refractivity contribution in [1.82, 2.24) is 15.1 Å². The number of nitrogens with one attached hydrogen (secondary N) is 2. The van der Waals surface area contributed by atoms with Gasteiger partial charge < -0.3 is 10.6 Å². The highest BCUT2D eigenvalue weighted by atomic mass is 79.9. The van der Waals surface area contributed by atoms with Gasteiger partial charge in [-0.05, 0) is 66.1 Å². The molecule has 0 radical (unpaired) electrons. The Hall–Kier alpha value is -2.44. The lowest BCUT2D eigenvalue weighted by Gasteiger charge is -2.24. The molecule has 0 spiro atoms. The van der Waals surface area contributed by atoms with E-state index in [0.29, 0.717) is 11.5 Å². The molecule has 0 bridgehead atoms. The molecule has 6 heteroatoms. The van der Waals surface area contributed by atoms with Gasteiger partial charge >= 0.3 is 0 Å². The highest BCUT2D eigenvalue weighted by molar-refractivity contribution is 9.10. The number of hydrogen-bond acceptors (Lipinski definition) is 3. The van der Waals surface area contributed by atoms with Crippen LogP contribution in [-0.2, 0) is 0 Å². The normalized spacial score (nSPS) is 14.9. The molecule has 1 aliphatic heterocycles. The highest BCUT2D eigenvalue weighted by Gasteiger charge is 2.27. The Kier molecular flexibility index (Phi) is 5.36. The second-order valence-corrected chi connectivity index (χ2v) is 7.50. The van der Waals surface area contributed by atoms with Crippen molar-refractivity contribution >= 4 is 27.5 Å². The molecule has 2 aromatic carbocycles. The van der Waals surface area contributed by atoms with Crippen molar-refractivity contribution in [2.24, 2.45) is 0 Å². The first kappa shape index (κ1) is 17.9. The average Bonchev–Trinajstić information content (AvgIpc) is 3.16. The van der Waals surface area contributed by atoms with E-state index >= 15 is 0 Å². The maximum Gasteiger partial charge on any atom is 0.259 e. The summed E-state index contributed by atoms with van der Waals surface area (Å²) in [6.45, 7) is 1.91. The van der Waals surface area contributed by atoms with Crippen LogP contribution in [0.15, 0.2) is 65.3 Å². The Morgan fingerprint density at radius 1 is 1.07 bits per heavy atom. The number of halogens is 1. The molecule has 3 aromatic rings. The van der Waals surface area contributed by atoms with Crippen LogP contribution in [-0.4, -0.2) is 28.8 Å². The molecule has 0 unspecified atom stereocenters. The molecule has 27 heavy (non-hydrogen) atoms. The average molecular weight is 425 g/mol. The molecule has 1 fully saturated rings. The van der Waals surface area contributed by atoms with E-state index in [9.17, 15) is 4.79 Å². The third kappa shape index (κ3) is 3.82. The fraction of sp³-hybridized carbons (Fsp3) is 0.238. The zero-order chi connectivity index (χ0) is 18.6. The number of hydrogen-bond donors (Lipinski definition) is 2. The van der Waals surface area contributed by atoms with Crippen molar-refractivity contribution in [1.29, 1.82) is 0 Å². The Bertz CT molecular complexity index is 932. The van der Waals surface area contributed by atoms with Gasteiger partial charge in [0.2, 0.25) is 0 Å². The summed E-state index contributed by atoms with van der Waals surface area (Å²) in [6, 6.07) is 17.6. The van der Waals surface area contributed by atoms with E-state index in [1.54, 1.807) is 6.20 Å². The number of anilines is 1. The molecule has 1 saturated heterocycles. The number of piperidine rings is 1. The van der Waals surface area contributed by atoms with E-state index < -0.39 is 0 Å². The SMILES string of the molecule is O=C(Nc1ccccc1Br)c1cnn(-c2ccccc2)c1C1CCNCC1. The monoisotopic (exact) mass is 424 g/mol. The van der Waals surface area contributed by atoms with Gasteiger partial charge in [0.1, 0.15) is 0 Å². The lowest BCUT2D eigenvalue weighted by Crippen LogP contribution is -2.29. The molecule has 2 N–H and O–H groups in total. The van der Waals surface area contributed by atoms with Gasteiger partial charge in [-0.15, -0.1) is 0 Å². The second-order valence-electron chi connectivity index (χ2n) is 6.65. The minimum atomic E-state index is -0.127. The van der Waals surface area contributed by atoms with Crippen LogP contribution in [0.2, 0.25) is 0 Å². The van der Waals surface area contributed by atoms with Gasteiger partial charge in [0.25, 0.3) is 5.91 Å². The van der Waals surface area contributed by atoms with Crippen LogP contribution in [0.1, 0.15) is 34.8 Å². The van der Waals surface area contributed by atoms with Crippen LogP contribution < -0.4 is 10.6 Å². The van der Waals surface area contributed by atoms with Crippen molar-refractivity contribution < 1.29 is 4.79 Å². The van der Waals surface area contributed by atoms with E-state index in [4.69, 9.17) is 0 Å². The fourth-order valence-electron chi connectivity index (χ4n) is 3.55. The van der Waals surface area contributed by atoms with Crippen LogP contribution in [0.4, 0.5) is 5.69 Å². The summed E-state index contributed by atoms with van der Waals surface area (Å²) in [4.78, 5) is 13.1. The number of rotatable bonds is 4. The molecule has 0 atom stereocenters. The summed E-state index contributed by atoms with van der Waals surface area (Å²) in [5, 5.41) is 11.0. The van der Waals surface area contributed by atoms with Gasteiger partial charge in [-0.2, -0.15) is 5.10 Å². The predicted molar refractivity (Wildman–Crippen MR) is 111 cm³/mol. The molecular weight excluding hydrogens is 404 g/mol. The van der Waals surface area contributed by atoms with Crippen molar-refractivity contribution in [3.63, 3.8) is 0 Å². The summed E-state index contributed by atoms with van der Waals surface area (Å²) >= 11 is 3.49. The summed E-state index contributed by atoms with van der Waals surface area (Å²) < 4.78 is 2.78. The second kappa shape index (κ2) is 8.06. The zero-order valence-corrected chi connectivity index (χ0v) is 16.4. The van der Waals surface area contributed by atoms with Crippen molar-refractivity contribution in [3.8, 4) is 5.69 Å². The molecule has 4 rings (SSSR count). The van der Waals surface area contributed by atoms with Crippen LogP contribution in [0.5, 0.6) is 0 Å². The summed E-state index contributed by atoms with van der Waals surface area (Å²) in [6.07, 6.45) is 3.68. The number of carbonyl (C=O) groups excluding carboxylic acids is 1. The lowest BCUT2D eigenvalue weighted by molar-refractivity contribution is 0.102. The van der Waals surface area contributed by atoms with Gasteiger partial charge in [-0.3, -0.25) is 4.79 Å². The Morgan fingerprint density at radius 3 is 2.52 bits per heavy atom. The molecular formula is C21H21BrN4O. The number of amides is 1. The predicted octanol–water partition coefficient (Wildman–Crippen LogP) is 4.35. The van der Waals surface area contributed by atoms with Crippen molar-refractivity contribution in [2.45, 2.75) is 18.8 Å². The van der Waals surface area contributed by atoms with Crippen LogP contribution >= 0.6 is 15.9 Å². The third-order valence-corrected chi connectivity index (χ3v) is 5.59. The first-order chi connectivity index (χ1) is 13.2. The first-order valence-corrected chi connectivity index (χ1v) is 9.93. The Morgan fingerprint density at radius 2 is 1.78 bits per heavy atom. The number of carbonyl (C=O) groups is 1. The number of nitrogens with zero attached hydrogens (tertiary/aromatic N) is 2. The summed E-state index contributed by atoms with van der Waals surface area (Å²) in [5.74, 6) is 0.173. The molecule has 1 aliphatic rings. The Labute approximate surface area is 166 Å². The molecule has 5 nitrogen and oxygen atoms in total. The molecule has 0 aliphatic carbocycles. The maximum absolute atomic E-state index is 13.1. The molecule has 138 valence electrons. The van der Waals surface area contributed by atoms with Crippen molar-refractivity contribution in [2.75, 3.05) is 18.4 Å². The fourth-order valence-corrected chi connectivity index (χ4v) is 3.93. The van der Waals surface area contributed by atoms with Gasteiger partial charge in [0.15, 0.2) is 0 Å². The topological polar surface area (TPSA) is 59.0 Å². The lowest BCUT2D eigenvalue weighted by atomic mass is 9.91.